The Morgan fingerprint density at radius 1 is 1.40 bits per heavy atom. The number of anilines is 1. The van der Waals surface area contributed by atoms with Gasteiger partial charge in [0.05, 0.1) is 5.56 Å². The summed E-state index contributed by atoms with van der Waals surface area (Å²) in [7, 11) is 0. The Labute approximate surface area is 126 Å². The summed E-state index contributed by atoms with van der Waals surface area (Å²) in [4.78, 5) is 7.37. The van der Waals surface area contributed by atoms with Gasteiger partial charge in [0.2, 0.25) is 0 Å². The van der Waals surface area contributed by atoms with Gasteiger partial charge in [-0.15, -0.1) is 0 Å². The smallest absolute Gasteiger partial charge is 0.107 e. The molecule has 0 saturated carbocycles. The zero-order chi connectivity index (χ0) is 14.5. The van der Waals surface area contributed by atoms with Crippen LogP contribution in [-0.4, -0.2) is 41.1 Å². The molecule has 5 heteroatoms. The molecule has 0 unspecified atom stereocenters. The third-order valence-electron chi connectivity index (χ3n) is 3.74. The zero-order valence-electron chi connectivity index (χ0n) is 12.4. The summed E-state index contributed by atoms with van der Waals surface area (Å²) in [5.74, 6) is 0. The van der Waals surface area contributed by atoms with E-state index in [1.165, 1.54) is 32.5 Å². The van der Waals surface area contributed by atoms with E-state index in [1.807, 2.05) is 19.9 Å². The highest BCUT2D eigenvalue weighted by Crippen LogP contribution is 2.19. The van der Waals surface area contributed by atoms with E-state index < -0.39 is 0 Å². The number of rotatable bonds is 6. The van der Waals surface area contributed by atoms with Gasteiger partial charge in [0, 0.05) is 23.6 Å². The number of nitrogens with one attached hydrogen (secondary N) is 1. The van der Waals surface area contributed by atoms with Crippen molar-refractivity contribution in [1.29, 1.82) is 0 Å². The lowest BCUT2D eigenvalue weighted by atomic mass is 10.1. The fourth-order valence-corrected chi connectivity index (χ4v) is 3.07. The number of aryl methyl sites for hydroxylation is 2. The largest absolute Gasteiger partial charge is 0.389 e. The van der Waals surface area contributed by atoms with E-state index in [2.05, 4.69) is 15.2 Å². The molecule has 3 N–H and O–H groups in total. The van der Waals surface area contributed by atoms with Crippen molar-refractivity contribution in [3.8, 4) is 0 Å². The first kappa shape index (κ1) is 15.2. The molecule has 0 bridgehead atoms. The summed E-state index contributed by atoms with van der Waals surface area (Å²) >= 11 is 5.14. The average Bonchev–Trinajstić information content (AvgIpc) is 2.86. The Hall–Kier alpha value is -1.20. The Kier molecular flexibility index (Phi) is 5.31. The summed E-state index contributed by atoms with van der Waals surface area (Å²) in [6.45, 7) is 8.56. The van der Waals surface area contributed by atoms with Crippen LogP contribution in [0.2, 0.25) is 0 Å². The van der Waals surface area contributed by atoms with Crippen LogP contribution < -0.4 is 11.1 Å². The molecule has 0 aromatic carbocycles. The summed E-state index contributed by atoms with van der Waals surface area (Å²) in [5, 5.41) is 3.47. The molecular weight excluding hydrogens is 268 g/mol. The molecule has 2 rings (SSSR count). The standard InChI is InChI=1S/C15H24N4S/c1-11-10-13(14(15(16)20)12(2)18-11)17-6-5-9-19-7-3-4-8-19/h10H,3-9H2,1-2H3,(H2,16,20)(H,17,18). The van der Waals surface area contributed by atoms with Crippen molar-refractivity contribution >= 4 is 22.9 Å². The number of hydrogen-bond donors (Lipinski definition) is 2. The summed E-state index contributed by atoms with van der Waals surface area (Å²) in [5.41, 5.74) is 9.60. The molecule has 1 fully saturated rings. The SMILES string of the molecule is Cc1cc(NCCCN2CCCC2)c(C(N)=S)c(C)n1. The maximum atomic E-state index is 5.81. The summed E-state index contributed by atoms with van der Waals surface area (Å²) in [6, 6.07) is 2.03. The monoisotopic (exact) mass is 292 g/mol. The molecule has 0 atom stereocenters. The minimum atomic E-state index is 0.414. The average molecular weight is 292 g/mol. The van der Waals surface area contributed by atoms with Crippen LogP contribution in [0.25, 0.3) is 0 Å². The lowest BCUT2D eigenvalue weighted by Crippen LogP contribution is -2.23. The lowest BCUT2D eigenvalue weighted by molar-refractivity contribution is 0.337. The highest BCUT2D eigenvalue weighted by atomic mass is 32.1. The first-order chi connectivity index (χ1) is 9.58. The maximum absolute atomic E-state index is 5.81. The van der Waals surface area contributed by atoms with Crippen molar-refractivity contribution in [3.05, 3.63) is 23.0 Å². The highest BCUT2D eigenvalue weighted by molar-refractivity contribution is 7.80. The highest BCUT2D eigenvalue weighted by Gasteiger charge is 2.12. The second kappa shape index (κ2) is 6.99. The molecule has 0 amide bonds. The van der Waals surface area contributed by atoms with Crippen molar-refractivity contribution in [3.63, 3.8) is 0 Å². The fraction of sp³-hybridized carbons (Fsp3) is 0.600. The van der Waals surface area contributed by atoms with E-state index in [0.29, 0.717) is 4.99 Å². The number of likely N-dealkylation sites (tertiary alicyclic amines) is 1. The van der Waals surface area contributed by atoms with E-state index in [4.69, 9.17) is 18.0 Å². The predicted molar refractivity (Wildman–Crippen MR) is 88.4 cm³/mol. The van der Waals surface area contributed by atoms with E-state index in [1.54, 1.807) is 0 Å². The normalized spacial score (nSPS) is 15.5. The second-order valence-corrected chi connectivity index (χ2v) is 5.90. The molecule has 1 aromatic rings. The van der Waals surface area contributed by atoms with Gasteiger partial charge in [0.15, 0.2) is 0 Å². The van der Waals surface area contributed by atoms with E-state index in [-0.39, 0.29) is 0 Å². The molecule has 20 heavy (non-hydrogen) atoms. The van der Waals surface area contributed by atoms with Gasteiger partial charge in [0.25, 0.3) is 0 Å². The van der Waals surface area contributed by atoms with Crippen LogP contribution in [0.4, 0.5) is 5.69 Å². The van der Waals surface area contributed by atoms with Crippen LogP contribution in [0, 0.1) is 13.8 Å². The number of nitrogens with two attached hydrogens (primary N) is 1. The third kappa shape index (κ3) is 3.90. The fourth-order valence-electron chi connectivity index (χ4n) is 2.81. The predicted octanol–water partition coefficient (Wildman–Crippen LogP) is 2.23. The molecule has 1 saturated heterocycles. The van der Waals surface area contributed by atoms with Crippen LogP contribution in [0.5, 0.6) is 0 Å². The van der Waals surface area contributed by atoms with Crippen LogP contribution in [0.3, 0.4) is 0 Å². The van der Waals surface area contributed by atoms with E-state index >= 15 is 0 Å². The van der Waals surface area contributed by atoms with Crippen molar-refractivity contribution in [2.75, 3.05) is 31.5 Å². The van der Waals surface area contributed by atoms with Gasteiger partial charge in [-0.3, -0.25) is 4.98 Å². The van der Waals surface area contributed by atoms with Crippen LogP contribution in [0.15, 0.2) is 6.07 Å². The number of nitrogens with zero attached hydrogens (tertiary/aromatic N) is 2. The Bertz CT molecular complexity index is 481. The van der Waals surface area contributed by atoms with Gasteiger partial charge in [-0.05, 0) is 58.8 Å². The lowest BCUT2D eigenvalue weighted by Gasteiger charge is -2.17. The van der Waals surface area contributed by atoms with Gasteiger partial charge in [-0.25, -0.2) is 0 Å². The molecule has 1 aliphatic rings. The minimum absolute atomic E-state index is 0.414. The maximum Gasteiger partial charge on any atom is 0.107 e. The zero-order valence-corrected chi connectivity index (χ0v) is 13.2. The summed E-state index contributed by atoms with van der Waals surface area (Å²) in [6.07, 6.45) is 3.83. The summed E-state index contributed by atoms with van der Waals surface area (Å²) < 4.78 is 0. The van der Waals surface area contributed by atoms with Gasteiger partial charge in [0.1, 0.15) is 4.99 Å². The van der Waals surface area contributed by atoms with E-state index in [9.17, 15) is 0 Å². The second-order valence-electron chi connectivity index (χ2n) is 5.46. The Balaban J connectivity index is 1.92. The van der Waals surface area contributed by atoms with Crippen molar-refractivity contribution in [2.45, 2.75) is 33.1 Å². The molecule has 110 valence electrons. The van der Waals surface area contributed by atoms with Crippen molar-refractivity contribution in [1.82, 2.24) is 9.88 Å². The first-order valence-corrected chi connectivity index (χ1v) is 7.73. The van der Waals surface area contributed by atoms with Gasteiger partial charge in [-0.2, -0.15) is 0 Å². The Morgan fingerprint density at radius 3 is 2.75 bits per heavy atom. The van der Waals surface area contributed by atoms with Crippen LogP contribution >= 0.6 is 12.2 Å². The molecule has 1 aromatic heterocycles. The third-order valence-corrected chi connectivity index (χ3v) is 3.94. The molecule has 4 nitrogen and oxygen atoms in total. The molecule has 2 heterocycles. The topological polar surface area (TPSA) is 54.2 Å². The van der Waals surface area contributed by atoms with Gasteiger partial charge < -0.3 is 16.0 Å². The number of aromatic nitrogens is 1. The number of thiocarbonyl (C=S) groups is 1. The Morgan fingerprint density at radius 2 is 2.10 bits per heavy atom. The van der Waals surface area contributed by atoms with Gasteiger partial charge >= 0.3 is 0 Å². The molecule has 0 spiro atoms. The molecular formula is C15H24N4S. The van der Waals surface area contributed by atoms with Crippen LogP contribution in [-0.2, 0) is 0 Å². The molecule has 1 aliphatic heterocycles. The quantitative estimate of drug-likeness (QED) is 0.622. The van der Waals surface area contributed by atoms with Gasteiger partial charge in [-0.1, -0.05) is 12.2 Å². The van der Waals surface area contributed by atoms with E-state index in [0.717, 1.165) is 35.6 Å². The van der Waals surface area contributed by atoms with Crippen molar-refractivity contribution < 1.29 is 0 Å². The number of hydrogen-bond acceptors (Lipinski definition) is 4. The van der Waals surface area contributed by atoms with Crippen molar-refractivity contribution in [2.24, 2.45) is 5.73 Å². The number of pyridine rings is 1. The molecule has 0 aliphatic carbocycles. The van der Waals surface area contributed by atoms with Crippen LogP contribution in [0.1, 0.15) is 36.2 Å². The minimum Gasteiger partial charge on any atom is -0.389 e. The molecule has 0 radical (unpaired) electrons. The first-order valence-electron chi connectivity index (χ1n) is 7.32.